The van der Waals surface area contributed by atoms with Crippen LogP contribution in [0, 0.1) is 0 Å². The van der Waals surface area contributed by atoms with E-state index in [-0.39, 0.29) is 18.1 Å². The molecular formula is C17H23N3O2S. The van der Waals surface area contributed by atoms with Gasteiger partial charge in [-0.2, -0.15) is 0 Å². The van der Waals surface area contributed by atoms with E-state index in [1.54, 1.807) is 17.7 Å². The number of hydrogen-bond acceptors (Lipinski definition) is 4. The van der Waals surface area contributed by atoms with Crippen LogP contribution in [0.3, 0.4) is 0 Å². The summed E-state index contributed by atoms with van der Waals surface area (Å²) in [6, 6.07) is 4.37. The van der Waals surface area contributed by atoms with Gasteiger partial charge in [0.1, 0.15) is 6.10 Å². The lowest BCUT2D eigenvalue weighted by molar-refractivity contribution is -0.123. The van der Waals surface area contributed by atoms with Crippen LogP contribution in [0.2, 0.25) is 0 Å². The number of amides is 1. The van der Waals surface area contributed by atoms with Crippen molar-refractivity contribution in [2.75, 3.05) is 6.61 Å². The summed E-state index contributed by atoms with van der Waals surface area (Å²) in [4.78, 5) is 17.6. The van der Waals surface area contributed by atoms with Gasteiger partial charge in [-0.1, -0.05) is 6.07 Å². The molecule has 6 heteroatoms. The topological polar surface area (TPSA) is 56.2 Å². The molecule has 1 N–H and O–H groups in total. The molecule has 1 amide bonds. The number of hydrogen-bond donors (Lipinski definition) is 1. The van der Waals surface area contributed by atoms with Gasteiger partial charge in [0.2, 0.25) is 5.91 Å². The maximum Gasteiger partial charge on any atom is 0.220 e. The summed E-state index contributed by atoms with van der Waals surface area (Å²) in [7, 11) is 1.97. The molecule has 1 fully saturated rings. The Morgan fingerprint density at radius 2 is 2.48 bits per heavy atom. The number of thiophene rings is 1. The standard InChI is InChI=1S/C17H23N3O2S/c1-20-12-18-11-15(20)16-10-13(7-8-22-16)19-17(21)6-2-4-14-5-3-9-23-14/h3,5,9,11-13,16H,2,4,6-8,10H2,1H3,(H,19,21). The molecule has 124 valence electrons. The number of nitrogens with one attached hydrogen (secondary N) is 1. The fraction of sp³-hybridized carbons (Fsp3) is 0.529. The van der Waals surface area contributed by atoms with E-state index in [9.17, 15) is 4.79 Å². The Kier molecular flexibility index (Phi) is 5.46. The van der Waals surface area contributed by atoms with Crippen molar-refractivity contribution in [2.24, 2.45) is 7.05 Å². The van der Waals surface area contributed by atoms with Gasteiger partial charge >= 0.3 is 0 Å². The predicted molar refractivity (Wildman–Crippen MR) is 90.3 cm³/mol. The van der Waals surface area contributed by atoms with Gasteiger partial charge in [-0.3, -0.25) is 4.79 Å². The number of aryl methyl sites for hydroxylation is 2. The molecule has 0 spiro atoms. The molecule has 23 heavy (non-hydrogen) atoms. The van der Waals surface area contributed by atoms with Crippen molar-refractivity contribution < 1.29 is 9.53 Å². The zero-order valence-electron chi connectivity index (χ0n) is 13.4. The van der Waals surface area contributed by atoms with Crippen LogP contribution in [0.5, 0.6) is 0 Å². The van der Waals surface area contributed by atoms with E-state index in [0.717, 1.165) is 31.4 Å². The minimum Gasteiger partial charge on any atom is -0.372 e. The third-order valence-corrected chi connectivity index (χ3v) is 5.18. The van der Waals surface area contributed by atoms with Crippen LogP contribution in [0.15, 0.2) is 30.0 Å². The number of carbonyl (C=O) groups is 1. The van der Waals surface area contributed by atoms with Crippen LogP contribution in [-0.4, -0.2) is 28.1 Å². The molecule has 2 atom stereocenters. The highest BCUT2D eigenvalue weighted by Crippen LogP contribution is 2.27. The Balaban J connectivity index is 1.44. The van der Waals surface area contributed by atoms with Gasteiger partial charge in [0.15, 0.2) is 0 Å². The van der Waals surface area contributed by atoms with E-state index >= 15 is 0 Å². The summed E-state index contributed by atoms with van der Waals surface area (Å²) < 4.78 is 7.82. The van der Waals surface area contributed by atoms with Crippen LogP contribution >= 0.6 is 11.3 Å². The molecule has 0 saturated carbocycles. The van der Waals surface area contributed by atoms with Gasteiger partial charge in [0.05, 0.1) is 18.2 Å². The highest BCUT2D eigenvalue weighted by Gasteiger charge is 2.26. The zero-order chi connectivity index (χ0) is 16.1. The summed E-state index contributed by atoms with van der Waals surface area (Å²) in [5.41, 5.74) is 1.07. The third-order valence-electron chi connectivity index (χ3n) is 4.24. The summed E-state index contributed by atoms with van der Waals surface area (Å²) >= 11 is 1.75. The van der Waals surface area contributed by atoms with Crippen LogP contribution in [-0.2, 0) is 23.0 Å². The van der Waals surface area contributed by atoms with Crippen molar-refractivity contribution >= 4 is 17.2 Å². The van der Waals surface area contributed by atoms with Gasteiger partial charge < -0.3 is 14.6 Å². The number of carbonyl (C=O) groups excluding carboxylic acids is 1. The first-order chi connectivity index (χ1) is 11.2. The molecule has 1 aliphatic rings. The van der Waals surface area contributed by atoms with Gasteiger partial charge in [0.25, 0.3) is 0 Å². The molecule has 5 nitrogen and oxygen atoms in total. The Morgan fingerprint density at radius 1 is 1.57 bits per heavy atom. The highest BCUT2D eigenvalue weighted by molar-refractivity contribution is 7.09. The molecule has 3 heterocycles. The molecule has 1 saturated heterocycles. The van der Waals surface area contributed by atoms with Crippen molar-refractivity contribution in [3.8, 4) is 0 Å². The summed E-state index contributed by atoms with van der Waals surface area (Å²) in [5.74, 6) is 0.150. The van der Waals surface area contributed by atoms with Gasteiger partial charge in [-0.15, -0.1) is 11.3 Å². The lowest BCUT2D eigenvalue weighted by Crippen LogP contribution is -2.40. The maximum absolute atomic E-state index is 12.1. The van der Waals surface area contributed by atoms with Crippen molar-refractivity contribution in [1.29, 1.82) is 0 Å². The Labute approximate surface area is 140 Å². The van der Waals surface area contributed by atoms with Crippen molar-refractivity contribution in [2.45, 2.75) is 44.2 Å². The van der Waals surface area contributed by atoms with Crippen LogP contribution in [0.1, 0.15) is 42.4 Å². The molecular weight excluding hydrogens is 310 g/mol. The molecule has 3 rings (SSSR count). The molecule has 2 unspecified atom stereocenters. The number of aromatic nitrogens is 2. The molecule has 0 aromatic carbocycles. The minimum absolute atomic E-state index is 0.0210. The molecule has 0 aliphatic carbocycles. The van der Waals surface area contributed by atoms with E-state index in [0.29, 0.717) is 13.0 Å². The van der Waals surface area contributed by atoms with E-state index in [1.807, 2.05) is 17.8 Å². The predicted octanol–water partition coefficient (Wildman–Crippen LogP) is 2.84. The average molecular weight is 333 g/mol. The van der Waals surface area contributed by atoms with E-state index < -0.39 is 0 Å². The Bertz CT molecular complexity index is 624. The largest absolute Gasteiger partial charge is 0.372 e. The first kappa shape index (κ1) is 16.2. The highest BCUT2D eigenvalue weighted by atomic mass is 32.1. The molecule has 1 aliphatic heterocycles. The summed E-state index contributed by atoms with van der Waals surface area (Å²) in [6.07, 6.45) is 7.82. The molecule has 0 bridgehead atoms. The first-order valence-electron chi connectivity index (χ1n) is 8.12. The van der Waals surface area contributed by atoms with Crippen LogP contribution in [0.25, 0.3) is 0 Å². The Hall–Kier alpha value is -1.66. The SMILES string of the molecule is Cn1cncc1C1CC(NC(=O)CCCc2cccs2)CCO1. The molecule has 0 radical (unpaired) electrons. The minimum atomic E-state index is 0.0210. The quantitative estimate of drug-likeness (QED) is 0.884. The van der Waals surface area contributed by atoms with Gasteiger partial charge in [-0.05, 0) is 37.1 Å². The Morgan fingerprint density at radius 3 is 3.22 bits per heavy atom. The summed E-state index contributed by atoms with van der Waals surface area (Å²) in [6.45, 7) is 0.677. The maximum atomic E-state index is 12.1. The number of nitrogens with zero attached hydrogens (tertiary/aromatic N) is 2. The summed E-state index contributed by atoms with van der Waals surface area (Å²) in [5, 5.41) is 5.24. The van der Waals surface area contributed by atoms with Gasteiger partial charge in [0, 0.05) is 31.0 Å². The second-order valence-electron chi connectivity index (χ2n) is 6.01. The second kappa shape index (κ2) is 7.75. The smallest absolute Gasteiger partial charge is 0.220 e. The monoisotopic (exact) mass is 333 g/mol. The van der Waals surface area contributed by atoms with Crippen molar-refractivity contribution in [3.63, 3.8) is 0 Å². The van der Waals surface area contributed by atoms with E-state index in [1.165, 1.54) is 4.88 Å². The first-order valence-corrected chi connectivity index (χ1v) is 9.00. The van der Waals surface area contributed by atoms with Crippen LogP contribution < -0.4 is 5.32 Å². The lowest BCUT2D eigenvalue weighted by atomic mass is 10.0. The molecule has 2 aromatic heterocycles. The van der Waals surface area contributed by atoms with E-state index in [2.05, 4.69) is 27.8 Å². The number of imidazole rings is 1. The van der Waals surface area contributed by atoms with Crippen molar-refractivity contribution in [1.82, 2.24) is 14.9 Å². The molecule has 2 aromatic rings. The average Bonchev–Trinajstić information content (AvgIpc) is 3.19. The number of ether oxygens (including phenoxy) is 1. The fourth-order valence-corrected chi connectivity index (χ4v) is 3.74. The van der Waals surface area contributed by atoms with Crippen LogP contribution in [0.4, 0.5) is 0 Å². The lowest BCUT2D eigenvalue weighted by Gasteiger charge is -2.30. The third kappa shape index (κ3) is 4.42. The zero-order valence-corrected chi connectivity index (χ0v) is 14.2. The second-order valence-corrected chi connectivity index (χ2v) is 7.04. The van der Waals surface area contributed by atoms with Crippen molar-refractivity contribution in [3.05, 3.63) is 40.6 Å². The van der Waals surface area contributed by atoms with E-state index in [4.69, 9.17) is 4.74 Å². The number of rotatable bonds is 6. The fourth-order valence-electron chi connectivity index (χ4n) is 2.99. The normalized spacial score (nSPS) is 21.3. The van der Waals surface area contributed by atoms with Gasteiger partial charge in [-0.25, -0.2) is 4.98 Å².